The van der Waals surface area contributed by atoms with Crippen LogP contribution in [0.25, 0.3) is 0 Å². The molecule has 1 atom stereocenters. The van der Waals surface area contributed by atoms with Gasteiger partial charge in [0.1, 0.15) is 5.82 Å². The first-order chi connectivity index (χ1) is 8.20. The molecule has 1 unspecified atom stereocenters. The summed E-state index contributed by atoms with van der Waals surface area (Å²) >= 11 is 0. The fourth-order valence-electron chi connectivity index (χ4n) is 2.11. The molecule has 2 nitrogen and oxygen atoms in total. The molecule has 1 aliphatic carbocycles. The molecular formula is C15H18N2. The van der Waals surface area contributed by atoms with Crippen molar-refractivity contribution in [2.75, 3.05) is 4.90 Å². The highest BCUT2D eigenvalue weighted by Crippen LogP contribution is 2.25. The summed E-state index contributed by atoms with van der Waals surface area (Å²) in [5.74, 6) is 1.00. The second kappa shape index (κ2) is 5.00. The van der Waals surface area contributed by atoms with Gasteiger partial charge < -0.3 is 4.90 Å². The van der Waals surface area contributed by atoms with Crippen molar-refractivity contribution in [2.45, 2.75) is 26.3 Å². The molecule has 0 fully saturated rings. The lowest BCUT2D eigenvalue weighted by Crippen LogP contribution is -2.33. The summed E-state index contributed by atoms with van der Waals surface area (Å²) in [5, 5.41) is 0. The third-order valence-electron chi connectivity index (χ3n) is 2.91. The van der Waals surface area contributed by atoms with E-state index >= 15 is 0 Å². The fourth-order valence-corrected chi connectivity index (χ4v) is 2.11. The highest BCUT2D eigenvalue weighted by Gasteiger charge is 2.19. The molecule has 0 aromatic carbocycles. The van der Waals surface area contributed by atoms with E-state index in [1.54, 1.807) is 0 Å². The van der Waals surface area contributed by atoms with Gasteiger partial charge in [0.05, 0.1) is 6.04 Å². The first-order valence-corrected chi connectivity index (χ1v) is 5.90. The highest BCUT2D eigenvalue weighted by atomic mass is 15.2. The van der Waals surface area contributed by atoms with Gasteiger partial charge in [-0.05, 0) is 31.9 Å². The summed E-state index contributed by atoms with van der Waals surface area (Å²) in [7, 11) is 0. The summed E-state index contributed by atoms with van der Waals surface area (Å²) in [6.07, 6.45) is 11.4. The lowest BCUT2D eigenvalue weighted by Gasteiger charge is -2.32. The monoisotopic (exact) mass is 226 g/mol. The lowest BCUT2D eigenvalue weighted by atomic mass is 10.1. The second-order valence-corrected chi connectivity index (χ2v) is 4.37. The van der Waals surface area contributed by atoms with Crippen LogP contribution in [-0.2, 0) is 0 Å². The first kappa shape index (κ1) is 11.6. The van der Waals surface area contributed by atoms with Crippen molar-refractivity contribution in [1.29, 1.82) is 0 Å². The number of hydrogen-bond acceptors (Lipinski definition) is 2. The minimum atomic E-state index is 0.325. The summed E-state index contributed by atoms with van der Waals surface area (Å²) in [6, 6.07) is 4.37. The Labute approximate surface area is 103 Å². The first-order valence-electron chi connectivity index (χ1n) is 5.90. The van der Waals surface area contributed by atoms with Gasteiger partial charge in [-0.2, -0.15) is 0 Å². The second-order valence-electron chi connectivity index (χ2n) is 4.37. The van der Waals surface area contributed by atoms with E-state index in [-0.39, 0.29) is 0 Å². The number of aryl methyl sites for hydroxylation is 1. The van der Waals surface area contributed by atoms with Crippen LogP contribution in [0.3, 0.4) is 0 Å². The summed E-state index contributed by atoms with van der Waals surface area (Å²) in [6.45, 7) is 8.19. The van der Waals surface area contributed by atoms with Crippen LogP contribution in [-0.4, -0.2) is 11.0 Å². The molecule has 0 aliphatic heterocycles. The quantitative estimate of drug-likeness (QED) is 0.782. The summed E-state index contributed by atoms with van der Waals surface area (Å²) in [5.41, 5.74) is 2.20. The number of rotatable bonds is 3. The smallest absolute Gasteiger partial charge is 0.136 e. The van der Waals surface area contributed by atoms with Crippen LogP contribution in [0.4, 0.5) is 5.82 Å². The Hall–Kier alpha value is -1.83. The van der Waals surface area contributed by atoms with E-state index < -0.39 is 0 Å². The van der Waals surface area contributed by atoms with Crippen molar-refractivity contribution in [1.82, 2.24) is 4.98 Å². The van der Waals surface area contributed by atoms with Gasteiger partial charge in [0.25, 0.3) is 0 Å². The molecule has 0 amide bonds. The van der Waals surface area contributed by atoms with Crippen LogP contribution < -0.4 is 4.90 Å². The Morgan fingerprint density at radius 2 is 2.29 bits per heavy atom. The maximum absolute atomic E-state index is 4.48. The number of hydrogen-bond donors (Lipinski definition) is 0. The van der Waals surface area contributed by atoms with Crippen molar-refractivity contribution in [3.63, 3.8) is 0 Å². The largest absolute Gasteiger partial charge is 0.324 e. The maximum atomic E-state index is 4.48. The van der Waals surface area contributed by atoms with Crippen LogP contribution in [0.15, 0.2) is 54.9 Å². The van der Waals surface area contributed by atoms with Gasteiger partial charge in [0.2, 0.25) is 0 Å². The molecule has 1 aromatic heterocycles. The van der Waals surface area contributed by atoms with Gasteiger partial charge in [-0.15, -0.1) is 0 Å². The molecule has 1 aliphatic rings. The molecule has 0 spiro atoms. The average molecular weight is 226 g/mol. The van der Waals surface area contributed by atoms with Crippen molar-refractivity contribution in [2.24, 2.45) is 0 Å². The van der Waals surface area contributed by atoms with E-state index in [0.29, 0.717) is 6.04 Å². The number of nitrogens with zero attached hydrogens (tertiary/aromatic N) is 2. The number of pyridine rings is 1. The summed E-state index contributed by atoms with van der Waals surface area (Å²) in [4.78, 5) is 6.69. The number of anilines is 1. The van der Waals surface area contributed by atoms with Crippen LogP contribution >= 0.6 is 0 Å². The van der Waals surface area contributed by atoms with Gasteiger partial charge in [0.15, 0.2) is 0 Å². The van der Waals surface area contributed by atoms with E-state index in [4.69, 9.17) is 0 Å². The predicted molar refractivity (Wildman–Crippen MR) is 73.0 cm³/mol. The molecule has 17 heavy (non-hydrogen) atoms. The van der Waals surface area contributed by atoms with E-state index in [9.17, 15) is 0 Å². The highest BCUT2D eigenvalue weighted by molar-refractivity contribution is 5.53. The number of allylic oxidation sites excluding steroid dienone is 3. The van der Waals surface area contributed by atoms with Gasteiger partial charge in [-0.3, -0.25) is 0 Å². The van der Waals surface area contributed by atoms with Crippen LogP contribution in [0.5, 0.6) is 0 Å². The average Bonchev–Trinajstić information content (AvgIpc) is 2.33. The third kappa shape index (κ3) is 2.47. The lowest BCUT2D eigenvalue weighted by molar-refractivity contribution is 0.741. The zero-order chi connectivity index (χ0) is 12.3. The topological polar surface area (TPSA) is 16.1 Å². The van der Waals surface area contributed by atoms with Crippen LogP contribution in [0.1, 0.15) is 18.9 Å². The molecule has 0 bridgehead atoms. The van der Waals surface area contributed by atoms with E-state index in [0.717, 1.165) is 17.9 Å². The molecule has 1 heterocycles. The Morgan fingerprint density at radius 3 is 2.88 bits per heavy atom. The molecular weight excluding hydrogens is 208 g/mol. The Morgan fingerprint density at radius 1 is 1.47 bits per heavy atom. The van der Waals surface area contributed by atoms with E-state index in [2.05, 4.69) is 53.8 Å². The molecule has 0 saturated heterocycles. The van der Waals surface area contributed by atoms with Gasteiger partial charge >= 0.3 is 0 Å². The van der Waals surface area contributed by atoms with Crippen molar-refractivity contribution in [3.05, 3.63) is 60.5 Å². The SMILES string of the molecule is C=C(C)N(c1ncccc1C)C1C=CC=CC1. The molecule has 2 heteroatoms. The Kier molecular flexibility index (Phi) is 3.43. The van der Waals surface area contributed by atoms with Gasteiger partial charge in [-0.25, -0.2) is 4.98 Å². The minimum Gasteiger partial charge on any atom is -0.324 e. The van der Waals surface area contributed by atoms with Gasteiger partial charge in [0, 0.05) is 11.9 Å². The normalized spacial score (nSPS) is 18.1. The van der Waals surface area contributed by atoms with Crippen LogP contribution in [0, 0.1) is 6.92 Å². The summed E-state index contributed by atoms with van der Waals surface area (Å²) < 4.78 is 0. The number of aromatic nitrogens is 1. The standard InChI is InChI=1S/C15H18N2/c1-12(2)17(14-9-5-4-6-10-14)15-13(3)8-7-11-16-15/h4-9,11,14H,1,10H2,2-3H3. The maximum Gasteiger partial charge on any atom is 0.136 e. The van der Waals surface area contributed by atoms with Crippen LogP contribution in [0.2, 0.25) is 0 Å². The van der Waals surface area contributed by atoms with E-state index in [1.807, 2.05) is 19.2 Å². The molecule has 1 aromatic rings. The zero-order valence-corrected chi connectivity index (χ0v) is 10.4. The third-order valence-corrected chi connectivity index (χ3v) is 2.91. The Balaban J connectivity index is 2.36. The molecule has 0 saturated carbocycles. The predicted octanol–water partition coefficient (Wildman–Crippen LogP) is 3.61. The molecule has 88 valence electrons. The Bertz CT molecular complexity index is 472. The molecule has 2 rings (SSSR count). The van der Waals surface area contributed by atoms with Crippen molar-refractivity contribution < 1.29 is 0 Å². The molecule has 0 radical (unpaired) electrons. The fraction of sp³-hybridized carbons (Fsp3) is 0.267. The van der Waals surface area contributed by atoms with Crippen molar-refractivity contribution in [3.8, 4) is 0 Å². The zero-order valence-electron chi connectivity index (χ0n) is 10.4. The minimum absolute atomic E-state index is 0.325. The van der Waals surface area contributed by atoms with Gasteiger partial charge in [-0.1, -0.05) is 36.9 Å². The van der Waals surface area contributed by atoms with Crippen molar-refractivity contribution >= 4 is 5.82 Å². The molecule has 0 N–H and O–H groups in total. The van der Waals surface area contributed by atoms with E-state index in [1.165, 1.54) is 5.56 Å².